The molecule has 6 heteroatoms. The lowest BCUT2D eigenvalue weighted by molar-refractivity contribution is -0.148. The van der Waals surface area contributed by atoms with E-state index in [0.717, 1.165) is 36.6 Å². The first kappa shape index (κ1) is 20.3. The molecule has 0 aliphatic carbocycles. The van der Waals surface area contributed by atoms with Gasteiger partial charge in [-0.15, -0.1) is 11.8 Å². The molecule has 25 heavy (non-hydrogen) atoms. The van der Waals surface area contributed by atoms with E-state index < -0.39 is 6.04 Å². The molecule has 2 rings (SSSR count). The van der Waals surface area contributed by atoms with Gasteiger partial charge in [0.25, 0.3) is 5.91 Å². The molecule has 1 aromatic carbocycles. The Balaban J connectivity index is 2.21. The van der Waals surface area contributed by atoms with E-state index in [1.807, 2.05) is 25.1 Å². The molecular weight excluding hydrogens is 402 g/mol. The number of hydrogen-bond acceptors (Lipinski definition) is 4. The van der Waals surface area contributed by atoms with Crippen molar-refractivity contribution in [1.82, 2.24) is 4.90 Å². The van der Waals surface area contributed by atoms with Gasteiger partial charge in [-0.25, -0.2) is 4.79 Å². The first-order valence-electron chi connectivity index (χ1n) is 8.95. The number of halogens is 1. The Labute approximate surface area is 162 Å². The number of nitrogens with zero attached hydrogens (tertiary/aromatic N) is 1. The smallest absolute Gasteiger partial charge is 0.329 e. The van der Waals surface area contributed by atoms with Crippen molar-refractivity contribution in [3.63, 3.8) is 0 Å². The van der Waals surface area contributed by atoms with Gasteiger partial charge in [0.2, 0.25) is 0 Å². The fraction of sp³-hybridized carbons (Fsp3) is 0.579. The van der Waals surface area contributed by atoms with Crippen LogP contribution in [-0.4, -0.2) is 40.6 Å². The fourth-order valence-corrected chi connectivity index (χ4v) is 4.77. The Kier molecular flexibility index (Phi) is 8.30. The zero-order valence-corrected chi connectivity index (χ0v) is 17.3. The number of carbonyl (C=O) groups is 2. The Morgan fingerprint density at radius 3 is 2.68 bits per heavy atom. The first-order valence-corrected chi connectivity index (χ1v) is 10.8. The van der Waals surface area contributed by atoms with Gasteiger partial charge in [0, 0.05) is 10.2 Å². The van der Waals surface area contributed by atoms with Crippen LogP contribution < -0.4 is 0 Å². The molecule has 1 aromatic rings. The summed E-state index contributed by atoms with van der Waals surface area (Å²) in [6.07, 6.45) is 5.03. The van der Waals surface area contributed by atoms with Gasteiger partial charge in [0.1, 0.15) is 6.04 Å². The fourth-order valence-electron chi connectivity index (χ4n) is 2.88. The minimum atomic E-state index is -0.497. The van der Waals surface area contributed by atoms with E-state index in [1.54, 1.807) is 22.7 Å². The monoisotopic (exact) mass is 427 g/mol. The van der Waals surface area contributed by atoms with E-state index in [2.05, 4.69) is 22.9 Å². The van der Waals surface area contributed by atoms with Crippen LogP contribution in [0.2, 0.25) is 0 Å². The number of amides is 1. The van der Waals surface area contributed by atoms with E-state index in [-0.39, 0.29) is 17.3 Å². The summed E-state index contributed by atoms with van der Waals surface area (Å²) in [5.41, 5.74) is 0.596. The number of benzene rings is 1. The van der Waals surface area contributed by atoms with Crippen molar-refractivity contribution in [3.8, 4) is 0 Å². The van der Waals surface area contributed by atoms with Crippen LogP contribution in [0.3, 0.4) is 0 Å². The Bertz CT molecular complexity index is 596. The largest absolute Gasteiger partial charge is 0.464 e. The van der Waals surface area contributed by atoms with Crippen molar-refractivity contribution in [2.45, 2.75) is 57.4 Å². The average Bonchev–Trinajstić information content (AvgIpc) is 3.03. The number of esters is 1. The third-order valence-corrected chi connectivity index (χ3v) is 6.25. The normalized spacial score (nSPS) is 19.9. The molecule has 138 valence electrons. The van der Waals surface area contributed by atoms with E-state index in [9.17, 15) is 9.59 Å². The topological polar surface area (TPSA) is 46.6 Å². The van der Waals surface area contributed by atoms with Crippen LogP contribution in [0.15, 0.2) is 28.7 Å². The van der Waals surface area contributed by atoms with Gasteiger partial charge in [-0.1, -0.05) is 45.2 Å². The second kappa shape index (κ2) is 10.2. The van der Waals surface area contributed by atoms with Crippen LogP contribution in [-0.2, 0) is 9.53 Å². The Hall–Kier alpha value is -1.01. The highest BCUT2D eigenvalue weighted by atomic mass is 79.9. The molecule has 1 saturated heterocycles. The number of thioether (sulfide) groups is 1. The number of carbonyl (C=O) groups excluding carboxylic acids is 2. The van der Waals surface area contributed by atoms with Crippen LogP contribution in [0.5, 0.6) is 0 Å². The summed E-state index contributed by atoms with van der Waals surface area (Å²) in [5, 5.41) is 0.0327. The number of rotatable bonds is 8. The van der Waals surface area contributed by atoms with Crippen LogP contribution in [0.1, 0.15) is 56.3 Å². The molecule has 1 aliphatic rings. The van der Waals surface area contributed by atoms with Crippen molar-refractivity contribution in [2.75, 3.05) is 12.4 Å². The second-order valence-corrected chi connectivity index (χ2v) is 8.22. The van der Waals surface area contributed by atoms with Gasteiger partial charge in [0.05, 0.1) is 17.5 Å². The molecule has 4 nitrogen and oxygen atoms in total. The quantitative estimate of drug-likeness (QED) is 0.438. The van der Waals surface area contributed by atoms with Crippen molar-refractivity contribution < 1.29 is 14.3 Å². The molecule has 0 N–H and O–H groups in total. The van der Waals surface area contributed by atoms with Gasteiger partial charge in [-0.2, -0.15) is 0 Å². The number of unbranched alkanes of at least 4 members (excludes halogenated alkanes) is 2. The molecule has 2 atom stereocenters. The molecule has 0 spiro atoms. The summed E-state index contributed by atoms with van der Waals surface area (Å²) in [6.45, 7) is 4.53. The highest BCUT2D eigenvalue weighted by Gasteiger charge is 2.42. The van der Waals surface area contributed by atoms with Crippen LogP contribution in [0.25, 0.3) is 0 Å². The maximum Gasteiger partial charge on any atom is 0.329 e. The van der Waals surface area contributed by atoms with Crippen molar-refractivity contribution >= 4 is 39.6 Å². The molecule has 0 bridgehead atoms. The maximum absolute atomic E-state index is 13.2. The summed E-state index contributed by atoms with van der Waals surface area (Å²) in [5.74, 6) is 0.223. The third kappa shape index (κ3) is 5.23. The van der Waals surface area contributed by atoms with E-state index >= 15 is 0 Å². The molecule has 1 amide bonds. The summed E-state index contributed by atoms with van der Waals surface area (Å²) in [4.78, 5) is 27.4. The Morgan fingerprint density at radius 2 is 2.00 bits per heavy atom. The van der Waals surface area contributed by atoms with Crippen LogP contribution >= 0.6 is 27.7 Å². The molecule has 0 aromatic heterocycles. The lowest BCUT2D eigenvalue weighted by atomic mass is 10.1. The van der Waals surface area contributed by atoms with Crippen molar-refractivity contribution in [2.24, 2.45) is 0 Å². The zero-order valence-electron chi connectivity index (χ0n) is 14.9. The van der Waals surface area contributed by atoms with E-state index in [0.29, 0.717) is 17.9 Å². The number of ether oxygens (including phenoxy) is 1. The molecule has 0 saturated carbocycles. The lowest BCUT2D eigenvalue weighted by Crippen LogP contribution is -2.46. The SMILES string of the molecule is CCCCCC1SCC(C(=O)OCCC)N1C(=O)c1ccccc1Br. The predicted octanol–water partition coefficient (Wildman–Crippen LogP) is 4.87. The zero-order chi connectivity index (χ0) is 18.2. The Morgan fingerprint density at radius 1 is 1.24 bits per heavy atom. The molecule has 1 heterocycles. The van der Waals surface area contributed by atoms with E-state index in [4.69, 9.17) is 4.74 Å². The highest BCUT2D eigenvalue weighted by Crippen LogP contribution is 2.35. The summed E-state index contributed by atoms with van der Waals surface area (Å²) < 4.78 is 6.09. The first-order chi connectivity index (χ1) is 12.1. The molecule has 1 fully saturated rings. The summed E-state index contributed by atoms with van der Waals surface area (Å²) >= 11 is 5.14. The summed E-state index contributed by atoms with van der Waals surface area (Å²) in [6, 6.07) is 6.88. The molecule has 0 radical (unpaired) electrons. The van der Waals surface area contributed by atoms with Crippen LogP contribution in [0, 0.1) is 0 Å². The second-order valence-electron chi connectivity index (χ2n) is 6.16. The predicted molar refractivity (Wildman–Crippen MR) is 106 cm³/mol. The van der Waals surface area contributed by atoms with Gasteiger partial charge in [0.15, 0.2) is 0 Å². The molecule has 2 unspecified atom stereocenters. The minimum Gasteiger partial charge on any atom is -0.464 e. The molecule has 1 aliphatic heterocycles. The summed E-state index contributed by atoms with van der Waals surface area (Å²) in [7, 11) is 0. The van der Waals surface area contributed by atoms with Gasteiger partial charge in [-0.3, -0.25) is 4.79 Å². The van der Waals surface area contributed by atoms with Crippen LogP contribution in [0.4, 0.5) is 0 Å². The van der Waals surface area contributed by atoms with Gasteiger partial charge in [-0.05, 0) is 40.9 Å². The maximum atomic E-state index is 13.2. The van der Waals surface area contributed by atoms with Gasteiger partial charge < -0.3 is 9.64 Å². The number of hydrogen-bond donors (Lipinski definition) is 0. The average molecular weight is 428 g/mol. The third-order valence-electron chi connectivity index (χ3n) is 4.21. The minimum absolute atomic E-state index is 0.0327. The standard InChI is InChI=1S/C19H26BrNO3S/c1-3-5-6-11-17-21(16(13-25-17)19(23)24-12-4-2)18(22)14-9-7-8-10-15(14)20/h7-10,16-17H,3-6,11-13H2,1-2H3. The highest BCUT2D eigenvalue weighted by molar-refractivity contribution is 9.10. The van der Waals surface area contributed by atoms with Crippen molar-refractivity contribution in [3.05, 3.63) is 34.3 Å². The van der Waals surface area contributed by atoms with E-state index in [1.165, 1.54) is 0 Å². The lowest BCUT2D eigenvalue weighted by Gasteiger charge is -2.29. The van der Waals surface area contributed by atoms with Gasteiger partial charge >= 0.3 is 5.97 Å². The molecular formula is C19H26BrNO3S. The van der Waals surface area contributed by atoms with Crippen molar-refractivity contribution in [1.29, 1.82) is 0 Å².